The molecular formula is C17H13N3O2. The highest BCUT2D eigenvalue weighted by atomic mass is 16.5. The van der Waals surface area contributed by atoms with Crippen LogP contribution in [0.2, 0.25) is 0 Å². The number of hydrogen-bond acceptors (Lipinski definition) is 4. The zero-order valence-electron chi connectivity index (χ0n) is 11.7. The van der Waals surface area contributed by atoms with Gasteiger partial charge in [0.2, 0.25) is 0 Å². The van der Waals surface area contributed by atoms with E-state index in [4.69, 9.17) is 9.15 Å². The zero-order valence-corrected chi connectivity index (χ0v) is 11.7. The molecule has 5 heteroatoms. The molecule has 0 bridgehead atoms. The summed E-state index contributed by atoms with van der Waals surface area (Å²) in [4.78, 5) is 4.02. The van der Waals surface area contributed by atoms with Crippen LogP contribution in [0.1, 0.15) is 5.56 Å². The summed E-state index contributed by atoms with van der Waals surface area (Å²) < 4.78 is 11.6. The van der Waals surface area contributed by atoms with Crippen LogP contribution in [-0.4, -0.2) is 15.2 Å². The van der Waals surface area contributed by atoms with Gasteiger partial charge in [0.25, 0.3) is 0 Å². The van der Waals surface area contributed by atoms with Gasteiger partial charge in [0.05, 0.1) is 6.20 Å². The molecule has 0 fully saturated rings. The van der Waals surface area contributed by atoms with Crippen molar-refractivity contribution < 1.29 is 9.15 Å². The van der Waals surface area contributed by atoms with Crippen LogP contribution in [0.15, 0.2) is 65.6 Å². The molecule has 3 aromatic heterocycles. The lowest BCUT2D eigenvalue weighted by atomic mass is 10.2. The first kappa shape index (κ1) is 12.6. The molecule has 4 aromatic rings. The standard InChI is InChI=1S/C17H13N3O2/c1-2-16-14(7-15(1)21-11-12-9-19-20-10-12)8-17(22-16)13-3-5-18-6-4-13/h1-10H,11H2,(H,19,20). The van der Waals surface area contributed by atoms with E-state index in [0.717, 1.165) is 33.6 Å². The smallest absolute Gasteiger partial charge is 0.135 e. The number of fused-ring (bicyclic) bond motifs is 1. The normalized spacial score (nSPS) is 10.9. The number of benzene rings is 1. The first-order chi connectivity index (χ1) is 10.9. The first-order valence-corrected chi connectivity index (χ1v) is 6.93. The number of H-pyrrole nitrogens is 1. The van der Waals surface area contributed by atoms with Crippen molar-refractivity contribution in [3.05, 3.63) is 66.7 Å². The van der Waals surface area contributed by atoms with Gasteiger partial charge in [-0.25, -0.2) is 0 Å². The Balaban J connectivity index is 1.61. The number of ether oxygens (including phenoxy) is 1. The number of rotatable bonds is 4. The molecule has 0 radical (unpaired) electrons. The fourth-order valence-corrected chi connectivity index (χ4v) is 2.29. The predicted molar refractivity (Wildman–Crippen MR) is 82.4 cm³/mol. The number of aromatic amines is 1. The second kappa shape index (κ2) is 5.37. The maximum absolute atomic E-state index is 5.86. The third-order valence-electron chi connectivity index (χ3n) is 3.41. The Morgan fingerprint density at radius 1 is 1.09 bits per heavy atom. The molecule has 0 aliphatic carbocycles. The van der Waals surface area contributed by atoms with E-state index in [9.17, 15) is 0 Å². The number of nitrogens with one attached hydrogen (secondary N) is 1. The molecule has 5 nitrogen and oxygen atoms in total. The second-order valence-electron chi connectivity index (χ2n) is 4.94. The molecule has 0 unspecified atom stereocenters. The largest absolute Gasteiger partial charge is 0.489 e. The van der Waals surface area contributed by atoms with Gasteiger partial charge in [0.1, 0.15) is 23.7 Å². The number of aromatic nitrogens is 3. The van der Waals surface area contributed by atoms with Crippen molar-refractivity contribution in [2.24, 2.45) is 0 Å². The average molecular weight is 291 g/mol. The molecular weight excluding hydrogens is 278 g/mol. The topological polar surface area (TPSA) is 63.9 Å². The summed E-state index contributed by atoms with van der Waals surface area (Å²) in [6.45, 7) is 0.483. The Bertz CT molecular complexity index is 883. The summed E-state index contributed by atoms with van der Waals surface area (Å²) in [5.41, 5.74) is 2.85. The van der Waals surface area contributed by atoms with E-state index in [1.54, 1.807) is 18.6 Å². The molecule has 0 aliphatic heterocycles. The van der Waals surface area contributed by atoms with Gasteiger partial charge < -0.3 is 9.15 Å². The lowest BCUT2D eigenvalue weighted by Crippen LogP contribution is -1.93. The van der Waals surface area contributed by atoms with Crippen LogP contribution in [0, 0.1) is 0 Å². The minimum absolute atomic E-state index is 0.483. The van der Waals surface area contributed by atoms with E-state index >= 15 is 0 Å². The van der Waals surface area contributed by atoms with Crippen LogP contribution in [0.4, 0.5) is 0 Å². The Morgan fingerprint density at radius 2 is 2.00 bits per heavy atom. The summed E-state index contributed by atoms with van der Waals surface area (Å²) in [7, 11) is 0. The average Bonchev–Trinajstić information content (AvgIpc) is 3.22. The van der Waals surface area contributed by atoms with Gasteiger partial charge in [-0.3, -0.25) is 10.1 Å². The number of furan rings is 1. The monoisotopic (exact) mass is 291 g/mol. The van der Waals surface area contributed by atoms with E-state index in [1.165, 1.54) is 0 Å². The Morgan fingerprint density at radius 3 is 2.82 bits per heavy atom. The molecule has 0 saturated heterocycles. The SMILES string of the molecule is c1cc(-c2cc3cc(OCc4cn[nH]c4)ccc3o2)ccn1. The second-order valence-corrected chi connectivity index (χ2v) is 4.94. The van der Waals surface area contributed by atoms with Crippen molar-refractivity contribution in [3.8, 4) is 17.1 Å². The summed E-state index contributed by atoms with van der Waals surface area (Å²) in [6, 6.07) is 11.7. The number of hydrogen-bond donors (Lipinski definition) is 1. The number of nitrogens with zero attached hydrogens (tertiary/aromatic N) is 2. The quantitative estimate of drug-likeness (QED) is 0.621. The zero-order chi connectivity index (χ0) is 14.8. The minimum Gasteiger partial charge on any atom is -0.489 e. The maximum Gasteiger partial charge on any atom is 0.135 e. The highest BCUT2D eigenvalue weighted by Gasteiger charge is 2.07. The molecule has 4 rings (SSSR count). The molecule has 22 heavy (non-hydrogen) atoms. The van der Waals surface area contributed by atoms with Crippen molar-refractivity contribution in [1.29, 1.82) is 0 Å². The fraction of sp³-hybridized carbons (Fsp3) is 0.0588. The van der Waals surface area contributed by atoms with Gasteiger partial charge in [-0.1, -0.05) is 0 Å². The molecule has 108 valence electrons. The van der Waals surface area contributed by atoms with Gasteiger partial charge in [-0.2, -0.15) is 5.10 Å². The van der Waals surface area contributed by atoms with Gasteiger partial charge in [0, 0.05) is 35.1 Å². The lowest BCUT2D eigenvalue weighted by Gasteiger charge is -2.03. The third kappa shape index (κ3) is 2.44. The van der Waals surface area contributed by atoms with Crippen molar-refractivity contribution in [2.75, 3.05) is 0 Å². The van der Waals surface area contributed by atoms with Crippen molar-refractivity contribution in [3.63, 3.8) is 0 Å². The van der Waals surface area contributed by atoms with Crippen molar-refractivity contribution >= 4 is 11.0 Å². The van der Waals surface area contributed by atoms with Crippen LogP contribution in [0.5, 0.6) is 5.75 Å². The van der Waals surface area contributed by atoms with Gasteiger partial charge in [-0.05, 0) is 36.4 Å². The highest BCUT2D eigenvalue weighted by molar-refractivity contribution is 5.84. The summed E-state index contributed by atoms with van der Waals surface area (Å²) in [5.74, 6) is 1.63. The van der Waals surface area contributed by atoms with Crippen molar-refractivity contribution in [1.82, 2.24) is 15.2 Å². The molecule has 1 N–H and O–H groups in total. The van der Waals surface area contributed by atoms with Crippen LogP contribution in [0.25, 0.3) is 22.3 Å². The van der Waals surface area contributed by atoms with Crippen LogP contribution < -0.4 is 4.74 Å². The van der Waals surface area contributed by atoms with Gasteiger partial charge >= 0.3 is 0 Å². The first-order valence-electron chi connectivity index (χ1n) is 6.93. The third-order valence-corrected chi connectivity index (χ3v) is 3.41. The number of pyridine rings is 1. The molecule has 0 atom stereocenters. The van der Waals surface area contributed by atoms with Crippen LogP contribution in [0.3, 0.4) is 0 Å². The molecule has 3 heterocycles. The lowest BCUT2D eigenvalue weighted by molar-refractivity contribution is 0.306. The van der Waals surface area contributed by atoms with Crippen LogP contribution >= 0.6 is 0 Å². The summed E-state index contributed by atoms with van der Waals surface area (Å²) in [6.07, 6.45) is 7.07. The predicted octanol–water partition coefficient (Wildman–Crippen LogP) is 3.80. The Labute approximate surface area is 126 Å². The van der Waals surface area contributed by atoms with Gasteiger partial charge in [0.15, 0.2) is 0 Å². The molecule has 0 aliphatic rings. The highest BCUT2D eigenvalue weighted by Crippen LogP contribution is 2.30. The molecule has 0 spiro atoms. The van der Waals surface area contributed by atoms with Crippen molar-refractivity contribution in [2.45, 2.75) is 6.61 Å². The Kier molecular flexibility index (Phi) is 3.08. The molecule has 1 aromatic carbocycles. The van der Waals surface area contributed by atoms with E-state index < -0.39 is 0 Å². The summed E-state index contributed by atoms with van der Waals surface area (Å²) >= 11 is 0. The van der Waals surface area contributed by atoms with E-state index in [0.29, 0.717) is 6.61 Å². The fourth-order valence-electron chi connectivity index (χ4n) is 2.29. The molecule has 0 saturated carbocycles. The van der Waals surface area contributed by atoms with Gasteiger partial charge in [-0.15, -0.1) is 0 Å². The maximum atomic E-state index is 5.86. The molecule has 0 amide bonds. The van der Waals surface area contributed by atoms with E-state index in [1.807, 2.05) is 42.6 Å². The van der Waals surface area contributed by atoms with E-state index in [2.05, 4.69) is 15.2 Å². The van der Waals surface area contributed by atoms with Crippen LogP contribution in [-0.2, 0) is 6.61 Å². The summed E-state index contributed by atoms with van der Waals surface area (Å²) in [5, 5.41) is 7.67. The Hall–Kier alpha value is -3.08. The van der Waals surface area contributed by atoms with E-state index in [-0.39, 0.29) is 0 Å². The minimum atomic E-state index is 0.483.